The summed E-state index contributed by atoms with van der Waals surface area (Å²) < 4.78 is 44.1. The Balaban J connectivity index is 1.40. The zero-order valence-electron chi connectivity index (χ0n) is 24.0. The molecular weight excluding hydrogens is 624 g/mol. The van der Waals surface area contributed by atoms with Gasteiger partial charge in [0.05, 0.1) is 45.1 Å². The van der Waals surface area contributed by atoms with Gasteiger partial charge in [0, 0.05) is 36.0 Å². The van der Waals surface area contributed by atoms with E-state index in [1.165, 1.54) is 30.5 Å². The third kappa shape index (κ3) is 6.40. The number of benzene rings is 3. The predicted molar refractivity (Wildman–Crippen MR) is 168 cm³/mol. The molecule has 230 valence electrons. The maximum Gasteiger partial charge on any atom is 0.159 e. The quantitative estimate of drug-likeness (QED) is 0.176. The first-order valence-corrected chi connectivity index (χ1v) is 15.1. The molecule has 0 spiro atoms. The van der Waals surface area contributed by atoms with Crippen LogP contribution in [0.2, 0.25) is 10.0 Å². The van der Waals surface area contributed by atoms with Gasteiger partial charge < -0.3 is 15.5 Å². The molecule has 3 aromatic carbocycles. The number of pyridine rings is 1. The minimum Gasteiger partial charge on any atom is -0.373 e. The van der Waals surface area contributed by atoms with Crippen molar-refractivity contribution < 1.29 is 13.2 Å². The highest BCUT2D eigenvalue weighted by atomic mass is 35.5. The summed E-state index contributed by atoms with van der Waals surface area (Å²) >= 11 is 12.7. The Morgan fingerprint density at radius 2 is 1.73 bits per heavy atom. The third-order valence-corrected chi connectivity index (χ3v) is 8.60. The summed E-state index contributed by atoms with van der Waals surface area (Å²) in [6.07, 6.45) is 5.06. The third-order valence-electron chi connectivity index (χ3n) is 8.02. The molecule has 0 aliphatic carbocycles. The van der Waals surface area contributed by atoms with Crippen LogP contribution in [0.1, 0.15) is 48.7 Å². The number of nitrogens with zero attached hydrogens (tertiary/aromatic N) is 6. The van der Waals surface area contributed by atoms with E-state index in [0.717, 1.165) is 44.6 Å². The monoisotopic (exact) mass is 650 g/mol. The van der Waals surface area contributed by atoms with Crippen molar-refractivity contribution in [3.05, 3.63) is 105 Å². The van der Waals surface area contributed by atoms with Gasteiger partial charge in [-0.2, -0.15) is 5.26 Å². The van der Waals surface area contributed by atoms with Crippen molar-refractivity contribution in [1.29, 1.82) is 5.26 Å². The molecule has 0 saturated carbocycles. The van der Waals surface area contributed by atoms with Crippen molar-refractivity contribution in [3.8, 4) is 6.07 Å². The molecule has 0 bridgehead atoms. The van der Waals surface area contributed by atoms with Crippen molar-refractivity contribution >= 4 is 51.2 Å². The molecule has 5 aromatic rings. The lowest BCUT2D eigenvalue weighted by Crippen LogP contribution is -2.34. The maximum absolute atomic E-state index is 14.5. The zero-order valence-corrected chi connectivity index (χ0v) is 25.5. The van der Waals surface area contributed by atoms with Gasteiger partial charge in [-0.3, -0.25) is 4.98 Å². The van der Waals surface area contributed by atoms with Crippen LogP contribution in [-0.4, -0.2) is 44.5 Å². The van der Waals surface area contributed by atoms with Gasteiger partial charge in [0.25, 0.3) is 0 Å². The molecule has 1 aliphatic rings. The minimum atomic E-state index is -0.998. The second-order valence-corrected chi connectivity index (χ2v) is 11.6. The normalized spacial score (nSPS) is 14.8. The average Bonchev–Trinajstić information content (AvgIpc) is 3.53. The summed E-state index contributed by atoms with van der Waals surface area (Å²) in [6.45, 7) is 5.04. The molecule has 1 aliphatic heterocycles. The van der Waals surface area contributed by atoms with E-state index >= 15 is 0 Å². The topological polar surface area (TPSA) is 94.7 Å². The number of fused-ring (bicyclic) bond motifs is 1. The number of likely N-dealkylation sites (tertiary alicyclic amines) is 1. The van der Waals surface area contributed by atoms with Crippen molar-refractivity contribution in [2.24, 2.45) is 0 Å². The number of anilines is 3. The van der Waals surface area contributed by atoms with Gasteiger partial charge in [0.1, 0.15) is 17.6 Å². The van der Waals surface area contributed by atoms with E-state index in [9.17, 15) is 18.4 Å². The van der Waals surface area contributed by atoms with Gasteiger partial charge in [0.2, 0.25) is 0 Å². The van der Waals surface area contributed by atoms with E-state index in [1.54, 1.807) is 12.1 Å². The highest BCUT2D eigenvalue weighted by Crippen LogP contribution is 2.37. The van der Waals surface area contributed by atoms with Crippen LogP contribution in [0.5, 0.6) is 0 Å². The highest BCUT2D eigenvalue weighted by molar-refractivity contribution is 6.36. The Morgan fingerprint density at radius 1 is 0.978 bits per heavy atom. The molecule has 45 heavy (non-hydrogen) atoms. The van der Waals surface area contributed by atoms with Crippen molar-refractivity contribution in [1.82, 2.24) is 24.9 Å². The maximum atomic E-state index is 14.5. The number of halogens is 5. The van der Waals surface area contributed by atoms with E-state index in [4.69, 9.17) is 23.2 Å². The number of rotatable bonds is 8. The smallest absolute Gasteiger partial charge is 0.159 e. The molecule has 13 heteroatoms. The largest absolute Gasteiger partial charge is 0.373 e. The predicted octanol–water partition coefficient (Wildman–Crippen LogP) is 8.02. The second kappa shape index (κ2) is 12.9. The number of piperidine rings is 1. The Morgan fingerprint density at radius 3 is 2.44 bits per heavy atom. The first-order chi connectivity index (χ1) is 21.7. The number of nitrogens with one attached hydrogen (secondary N) is 2. The molecule has 1 saturated heterocycles. The molecular formula is C32H27Cl2F3N8. The molecule has 1 unspecified atom stereocenters. The Labute approximate surface area is 267 Å². The molecule has 2 N–H and O–H groups in total. The first-order valence-electron chi connectivity index (χ1n) is 14.3. The lowest BCUT2D eigenvalue weighted by Gasteiger charge is -2.30. The summed E-state index contributed by atoms with van der Waals surface area (Å²) in [5, 5.41) is 25.9. The van der Waals surface area contributed by atoms with E-state index < -0.39 is 23.5 Å². The van der Waals surface area contributed by atoms with E-state index in [0.29, 0.717) is 39.2 Å². The molecule has 1 atom stereocenters. The minimum absolute atomic E-state index is 0.0874. The van der Waals surface area contributed by atoms with Crippen LogP contribution in [-0.2, 0) is 0 Å². The van der Waals surface area contributed by atoms with Gasteiger partial charge in [-0.1, -0.05) is 41.4 Å². The van der Waals surface area contributed by atoms with E-state index in [1.807, 2.05) is 10.9 Å². The zero-order chi connectivity index (χ0) is 31.7. The van der Waals surface area contributed by atoms with Crippen LogP contribution in [0.15, 0.2) is 60.9 Å². The average molecular weight is 652 g/mol. The van der Waals surface area contributed by atoms with Crippen LogP contribution < -0.4 is 10.6 Å². The number of hydrogen-bond acceptors (Lipinski definition) is 7. The van der Waals surface area contributed by atoms with Gasteiger partial charge in [-0.15, -0.1) is 5.10 Å². The van der Waals surface area contributed by atoms with Gasteiger partial charge in [0.15, 0.2) is 11.6 Å². The van der Waals surface area contributed by atoms with Crippen LogP contribution in [0.25, 0.3) is 10.9 Å². The Kier molecular flexibility index (Phi) is 8.81. The van der Waals surface area contributed by atoms with Gasteiger partial charge in [-0.05, 0) is 67.4 Å². The number of hydrogen-bond donors (Lipinski definition) is 2. The lowest BCUT2D eigenvalue weighted by molar-refractivity contribution is 0.186. The van der Waals surface area contributed by atoms with Crippen LogP contribution >= 0.6 is 23.2 Å². The summed E-state index contributed by atoms with van der Waals surface area (Å²) in [5.41, 5.74) is 2.85. The van der Waals surface area contributed by atoms with Crippen molar-refractivity contribution in [3.63, 3.8) is 0 Å². The first kappa shape index (κ1) is 30.6. The highest BCUT2D eigenvalue weighted by Gasteiger charge is 2.25. The SMILES string of the molecule is CCN1CCC(n2cc(C(Nc3cc(Cl)c4ncc(C#N)c(Nc5ccc(F)c(Cl)c5)c4c3)c3ccc(F)c(F)c3)nn2)CC1. The standard InChI is InChI=1S/C32H27Cl2F3N8/c1-2-44-9-7-22(8-10-44)45-17-29(42-43-45)31(18-3-5-27(36)28(37)11-18)41-21-12-23-30(40-20-4-6-26(35)24(33)13-20)19(15-38)16-39-32(23)25(34)14-21/h3-6,11-14,16-17,22,31,41H,2,7-10H2,1H3,(H,39,40). The lowest BCUT2D eigenvalue weighted by atomic mass is 10.0. The van der Waals surface area contributed by atoms with E-state index in [-0.39, 0.29) is 21.7 Å². The molecule has 0 amide bonds. The molecule has 3 heterocycles. The van der Waals surface area contributed by atoms with Crippen LogP contribution in [0.4, 0.5) is 30.2 Å². The number of aromatic nitrogens is 4. The second-order valence-electron chi connectivity index (χ2n) is 10.8. The molecule has 2 aromatic heterocycles. The molecule has 0 radical (unpaired) electrons. The van der Waals surface area contributed by atoms with Gasteiger partial charge in [-0.25, -0.2) is 17.9 Å². The summed E-state index contributed by atoms with van der Waals surface area (Å²) in [7, 11) is 0. The Bertz CT molecular complexity index is 1920. The summed E-state index contributed by atoms with van der Waals surface area (Å²) in [6, 6.07) is 12.7. The molecule has 1 fully saturated rings. The van der Waals surface area contributed by atoms with Crippen LogP contribution in [0.3, 0.4) is 0 Å². The van der Waals surface area contributed by atoms with Crippen molar-refractivity contribution in [2.75, 3.05) is 30.3 Å². The van der Waals surface area contributed by atoms with Crippen LogP contribution in [0, 0.1) is 28.8 Å². The fraction of sp³-hybridized carbons (Fsp3) is 0.250. The van der Waals surface area contributed by atoms with E-state index in [2.05, 4.69) is 43.8 Å². The summed E-state index contributed by atoms with van der Waals surface area (Å²) in [4.78, 5) is 6.76. The fourth-order valence-corrected chi connectivity index (χ4v) is 6.02. The fourth-order valence-electron chi connectivity index (χ4n) is 5.57. The number of nitriles is 1. The summed E-state index contributed by atoms with van der Waals surface area (Å²) in [5.74, 6) is -2.55. The van der Waals surface area contributed by atoms with Crippen molar-refractivity contribution in [2.45, 2.75) is 31.8 Å². The molecule has 8 nitrogen and oxygen atoms in total. The molecule has 6 rings (SSSR count). The van der Waals surface area contributed by atoms with Gasteiger partial charge >= 0.3 is 0 Å². The Hall–Kier alpha value is -4.37.